The number of carbonyl (C=O) groups is 1. The Morgan fingerprint density at radius 1 is 1.14 bits per heavy atom. The molecule has 0 fully saturated rings. The van der Waals surface area contributed by atoms with Crippen molar-refractivity contribution in [2.24, 2.45) is 0 Å². The molecule has 0 atom stereocenters. The summed E-state index contributed by atoms with van der Waals surface area (Å²) in [7, 11) is 0. The van der Waals surface area contributed by atoms with Gasteiger partial charge in [-0.1, -0.05) is 41.9 Å². The summed E-state index contributed by atoms with van der Waals surface area (Å²) in [5.41, 5.74) is 1.87. The van der Waals surface area contributed by atoms with Crippen molar-refractivity contribution in [3.05, 3.63) is 64.7 Å². The summed E-state index contributed by atoms with van der Waals surface area (Å²) in [5.74, 6) is 1.71. The van der Waals surface area contributed by atoms with Gasteiger partial charge in [0.05, 0.1) is 5.56 Å². The van der Waals surface area contributed by atoms with E-state index in [0.29, 0.717) is 6.54 Å². The van der Waals surface area contributed by atoms with Gasteiger partial charge in [0.15, 0.2) is 0 Å². The SMILES string of the molecule is CSc1ccccc1C(=O)NCCSCc1ccccc1Cl. The van der Waals surface area contributed by atoms with Crippen molar-refractivity contribution in [2.75, 3.05) is 18.6 Å². The summed E-state index contributed by atoms with van der Waals surface area (Å²) in [6.07, 6.45) is 1.98. The van der Waals surface area contributed by atoms with E-state index in [2.05, 4.69) is 5.32 Å². The molecule has 0 bridgehead atoms. The molecule has 0 radical (unpaired) electrons. The summed E-state index contributed by atoms with van der Waals surface area (Å²) >= 11 is 9.46. The second kappa shape index (κ2) is 9.13. The van der Waals surface area contributed by atoms with E-state index in [1.807, 2.05) is 54.8 Å². The van der Waals surface area contributed by atoms with Crippen LogP contribution in [0.2, 0.25) is 5.02 Å². The molecule has 2 aromatic rings. The van der Waals surface area contributed by atoms with E-state index in [9.17, 15) is 4.79 Å². The first-order valence-electron chi connectivity index (χ1n) is 6.94. The van der Waals surface area contributed by atoms with Crippen molar-refractivity contribution in [3.63, 3.8) is 0 Å². The highest BCUT2D eigenvalue weighted by atomic mass is 35.5. The molecule has 0 aliphatic carbocycles. The van der Waals surface area contributed by atoms with Gasteiger partial charge in [-0.15, -0.1) is 11.8 Å². The van der Waals surface area contributed by atoms with E-state index >= 15 is 0 Å². The van der Waals surface area contributed by atoms with Crippen LogP contribution < -0.4 is 5.32 Å². The Kier molecular flexibility index (Phi) is 7.16. The van der Waals surface area contributed by atoms with E-state index in [0.717, 1.165) is 32.6 Å². The molecule has 1 amide bonds. The molecule has 2 aromatic carbocycles. The minimum Gasteiger partial charge on any atom is -0.351 e. The highest BCUT2D eigenvalue weighted by Crippen LogP contribution is 2.21. The summed E-state index contributed by atoms with van der Waals surface area (Å²) < 4.78 is 0. The first-order chi connectivity index (χ1) is 10.7. The number of rotatable bonds is 7. The van der Waals surface area contributed by atoms with Crippen LogP contribution in [0.3, 0.4) is 0 Å². The highest BCUT2D eigenvalue weighted by Gasteiger charge is 2.09. The zero-order valence-corrected chi connectivity index (χ0v) is 14.7. The van der Waals surface area contributed by atoms with Gasteiger partial charge in [0, 0.05) is 28.0 Å². The van der Waals surface area contributed by atoms with Crippen LogP contribution >= 0.6 is 35.1 Å². The Balaban J connectivity index is 1.75. The molecule has 0 aliphatic heterocycles. The molecule has 116 valence electrons. The van der Waals surface area contributed by atoms with E-state index in [1.165, 1.54) is 0 Å². The van der Waals surface area contributed by atoms with Crippen LogP contribution in [0.5, 0.6) is 0 Å². The standard InChI is InChI=1S/C17H18ClNOS2/c1-21-16-9-5-3-7-14(16)17(20)19-10-11-22-12-13-6-2-4-8-15(13)18/h2-9H,10-12H2,1H3,(H,19,20). The second-order valence-electron chi connectivity index (χ2n) is 4.60. The highest BCUT2D eigenvalue weighted by molar-refractivity contribution is 7.98. The van der Waals surface area contributed by atoms with Crippen molar-refractivity contribution >= 4 is 41.0 Å². The van der Waals surface area contributed by atoms with Gasteiger partial charge in [0.25, 0.3) is 5.91 Å². The summed E-state index contributed by atoms with van der Waals surface area (Å²) in [4.78, 5) is 13.2. The predicted octanol–water partition coefficient (Wildman–Crippen LogP) is 4.73. The number of carbonyl (C=O) groups excluding carboxylic acids is 1. The van der Waals surface area contributed by atoms with Crippen LogP contribution in [-0.4, -0.2) is 24.5 Å². The first-order valence-corrected chi connectivity index (χ1v) is 9.70. The molecular weight excluding hydrogens is 334 g/mol. The molecule has 0 heterocycles. The fourth-order valence-electron chi connectivity index (χ4n) is 1.96. The number of amides is 1. The molecule has 5 heteroatoms. The molecule has 0 saturated heterocycles. The third kappa shape index (κ3) is 4.97. The normalized spacial score (nSPS) is 10.5. The quantitative estimate of drug-likeness (QED) is 0.577. The minimum absolute atomic E-state index is 0.0108. The molecule has 0 spiro atoms. The lowest BCUT2D eigenvalue weighted by molar-refractivity contribution is 0.0953. The third-order valence-corrected chi connectivity index (χ3v) is 5.27. The van der Waals surface area contributed by atoms with Gasteiger partial charge in [-0.05, 0) is 30.0 Å². The van der Waals surface area contributed by atoms with Crippen molar-refractivity contribution in [1.29, 1.82) is 0 Å². The van der Waals surface area contributed by atoms with Gasteiger partial charge in [-0.3, -0.25) is 4.79 Å². The van der Waals surface area contributed by atoms with E-state index in [-0.39, 0.29) is 5.91 Å². The van der Waals surface area contributed by atoms with Crippen LogP contribution in [-0.2, 0) is 5.75 Å². The van der Waals surface area contributed by atoms with Gasteiger partial charge in [0.2, 0.25) is 0 Å². The predicted molar refractivity (Wildman–Crippen MR) is 98.2 cm³/mol. The topological polar surface area (TPSA) is 29.1 Å². The largest absolute Gasteiger partial charge is 0.351 e. The molecule has 1 N–H and O–H groups in total. The van der Waals surface area contributed by atoms with Gasteiger partial charge in [0.1, 0.15) is 0 Å². The third-order valence-electron chi connectivity index (χ3n) is 3.10. The van der Waals surface area contributed by atoms with Crippen LogP contribution in [0.15, 0.2) is 53.4 Å². The zero-order valence-electron chi connectivity index (χ0n) is 12.3. The molecule has 0 saturated carbocycles. The van der Waals surface area contributed by atoms with E-state index in [4.69, 9.17) is 11.6 Å². The number of benzene rings is 2. The van der Waals surface area contributed by atoms with Gasteiger partial charge >= 0.3 is 0 Å². The lowest BCUT2D eigenvalue weighted by Gasteiger charge is -2.08. The average molecular weight is 352 g/mol. The maximum Gasteiger partial charge on any atom is 0.252 e. The second-order valence-corrected chi connectivity index (χ2v) is 6.96. The maximum atomic E-state index is 12.2. The lowest BCUT2D eigenvalue weighted by Crippen LogP contribution is -2.26. The summed E-state index contributed by atoms with van der Waals surface area (Å²) in [5, 5.41) is 3.77. The van der Waals surface area contributed by atoms with Gasteiger partial charge < -0.3 is 5.32 Å². The van der Waals surface area contributed by atoms with Gasteiger partial charge in [-0.25, -0.2) is 0 Å². The molecule has 0 aromatic heterocycles. The minimum atomic E-state index is -0.0108. The molecule has 22 heavy (non-hydrogen) atoms. The Bertz CT molecular complexity index is 634. The smallest absolute Gasteiger partial charge is 0.252 e. The van der Waals surface area contributed by atoms with Gasteiger partial charge in [-0.2, -0.15) is 11.8 Å². The van der Waals surface area contributed by atoms with Crippen LogP contribution in [0.4, 0.5) is 0 Å². The first kappa shape index (κ1) is 17.3. The fourth-order valence-corrected chi connectivity index (χ4v) is 3.70. The molecular formula is C17H18ClNOS2. The molecule has 0 unspecified atom stereocenters. The fraction of sp³-hybridized carbons (Fsp3) is 0.235. The molecule has 2 nitrogen and oxygen atoms in total. The van der Waals surface area contributed by atoms with E-state index < -0.39 is 0 Å². The number of thioether (sulfide) groups is 2. The lowest BCUT2D eigenvalue weighted by atomic mass is 10.2. The number of halogens is 1. The number of hydrogen-bond donors (Lipinski definition) is 1. The Morgan fingerprint density at radius 2 is 1.86 bits per heavy atom. The zero-order chi connectivity index (χ0) is 15.8. The average Bonchev–Trinajstić information content (AvgIpc) is 2.56. The van der Waals surface area contributed by atoms with Crippen LogP contribution in [0, 0.1) is 0 Å². The van der Waals surface area contributed by atoms with Crippen molar-refractivity contribution in [1.82, 2.24) is 5.32 Å². The van der Waals surface area contributed by atoms with Crippen molar-refractivity contribution < 1.29 is 4.79 Å². The number of nitrogens with one attached hydrogen (secondary N) is 1. The van der Waals surface area contributed by atoms with Crippen LogP contribution in [0.1, 0.15) is 15.9 Å². The van der Waals surface area contributed by atoms with Crippen LogP contribution in [0.25, 0.3) is 0 Å². The monoisotopic (exact) mass is 351 g/mol. The summed E-state index contributed by atoms with van der Waals surface area (Å²) in [6, 6.07) is 15.5. The van der Waals surface area contributed by atoms with Crippen molar-refractivity contribution in [3.8, 4) is 0 Å². The Morgan fingerprint density at radius 3 is 2.64 bits per heavy atom. The maximum absolute atomic E-state index is 12.2. The molecule has 0 aliphatic rings. The summed E-state index contributed by atoms with van der Waals surface area (Å²) in [6.45, 7) is 0.649. The van der Waals surface area contributed by atoms with Crippen molar-refractivity contribution in [2.45, 2.75) is 10.6 Å². The molecule has 2 rings (SSSR count). The number of hydrogen-bond acceptors (Lipinski definition) is 3. The Labute approximate surface area is 145 Å². The Hall–Kier alpha value is -1.10. The van der Waals surface area contributed by atoms with E-state index in [1.54, 1.807) is 23.5 Å².